The molecule has 1 aliphatic rings. The highest BCUT2D eigenvalue weighted by Gasteiger charge is 2.27. The van der Waals surface area contributed by atoms with Crippen molar-refractivity contribution in [1.29, 1.82) is 0 Å². The third kappa shape index (κ3) is 4.68. The number of hydroxylamine groups is 2. The summed E-state index contributed by atoms with van der Waals surface area (Å²) in [6, 6.07) is 13.5. The second kappa shape index (κ2) is 8.11. The van der Waals surface area contributed by atoms with E-state index in [1.165, 1.54) is 29.5 Å². The van der Waals surface area contributed by atoms with Gasteiger partial charge in [0.1, 0.15) is 5.82 Å². The van der Waals surface area contributed by atoms with Crippen LogP contribution in [0.15, 0.2) is 42.5 Å². The van der Waals surface area contributed by atoms with Crippen LogP contribution in [0.25, 0.3) is 0 Å². The van der Waals surface area contributed by atoms with Crippen molar-refractivity contribution in [3.8, 4) is 0 Å². The standard InChI is InChI=1S/C22H28FNO/c1-16-7-6-8-17(2)22(16)20(13-19-9-4-5-10-21(19)23)15-24(25-3)14-18-11-12-18/h4-10,18,20H,11-15H2,1-3H3. The van der Waals surface area contributed by atoms with E-state index in [1.807, 2.05) is 12.1 Å². The van der Waals surface area contributed by atoms with Crippen LogP contribution in [0.2, 0.25) is 0 Å². The van der Waals surface area contributed by atoms with E-state index in [2.05, 4.69) is 37.1 Å². The predicted molar refractivity (Wildman–Crippen MR) is 100 cm³/mol. The van der Waals surface area contributed by atoms with Gasteiger partial charge in [0.2, 0.25) is 0 Å². The fraction of sp³-hybridized carbons (Fsp3) is 0.455. The lowest BCUT2D eigenvalue weighted by atomic mass is 9.86. The van der Waals surface area contributed by atoms with Gasteiger partial charge in [-0.2, -0.15) is 5.06 Å². The molecule has 2 aromatic carbocycles. The van der Waals surface area contributed by atoms with Crippen molar-refractivity contribution >= 4 is 0 Å². The second-order valence-corrected chi connectivity index (χ2v) is 7.27. The summed E-state index contributed by atoms with van der Waals surface area (Å²) in [4.78, 5) is 5.64. The molecule has 0 radical (unpaired) electrons. The van der Waals surface area contributed by atoms with Gasteiger partial charge in [-0.25, -0.2) is 4.39 Å². The van der Waals surface area contributed by atoms with Gasteiger partial charge in [0.15, 0.2) is 0 Å². The fourth-order valence-electron chi connectivity index (χ4n) is 3.72. The molecule has 0 saturated heterocycles. The Morgan fingerprint density at radius 1 is 1.08 bits per heavy atom. The number of halogens is 1. The Bertz CT molecular complexity index is 691. The number of nitrogens with zero attached hydrogens (tertiary/aromatic N) is 1. The van der Waals surface area contributed by atoms with Gasteiger partial charge in [-0.05, 0) is 67.3 Å². The average molecular weight is 341 g/mol. The van der Waals surface area contributed by atoms with Crippen molar-refractivity contribution < 1.29 is 9.23 Å². The monoisotopic (exact) mass is 341 g/mol. The maximum atomic E-state index is 14.3. The van der Waals surface area contributed by atoms with E-state index in [1.54, 1.807) is 19.2 Å². The number of hydrogen-bond donors (Lipinski definition) is 0. The zero-order valence-electron chi connectivity index (χ0n) is 15.5. The molecule has 25 heavy (non-hydrogen) atoms. The van der Waals surface area contributed by atoms with Crippen molar-refractivity contribution in [2.45, 2.75) is 39.0 Å². The molecule has 0 aliphatic heterocycles. The van der Waals surface area contributed by atoms with Gasteiger partial charge >= 0.3 is 0 Å². The Morgan fingerprint density at radius 2 is 1.76 bits per heavy atom. The molecular formula is C22H28FNO. The number of hydrogen-bond acceptors (Lipinski definition) is 2. The highest BCUT2D eigenvalue weighted by molar-refractivity contribution is 5.38. The second-order valence-electron chi connectivity index (χ2n) is 7.27. The summed E-state index contributed by atoms with van der Waals surface area (Å²) in [5, 5.41) is 2.06. The zero-order chi connectivity index (χ0) is 17.8. The van der Waals surface area contributed by atoms with Gasteiger partial charge in [0, 0.05) is 19.0 Å². The van der Waals surface area contributed by atoms with Gasteiger partial charge in [-0.3, -0.25) is 0 Å². The molecule has 1 saturated carbocycles. The number of aryl methyl sites for hydroxylation is 2. The molecule has 1 aliphatic carbocycles. The molecule has 0 heterocycles. The van der Waals surface area contributed by atoms with Crippen LogP contribution in [0.1, 0.15) is 41.0 Å². The Hall–Kier alpha value is -1.71. The third-order valence-corrected chi connectivity index (χ3v) is 5.22. The van der Waals surface area contributed by atoms with Crippen molar-refractivity contribution in [3.05, 3.63) is 70.5 Å². The summed E-state index contributed by atoms with van der Waals surface area (Å²) in [5.74, 6) is 0.841. The highest BCUT2D eigenvalue weighted by Crippen LogP contribution is 2.33. The summed E-state index contributed by atoms with van der Waals surface area (Å²) in [5.41, 5.74) is 4.63. The summed E-state index contributed by atoms with van der Waals surface area (Å²) < 4.78 is 14.3. The summed E-state index contributed by atoms with van der Waals surface area (Å²) in [6.07, 6.45) is 3.27. The van der Waals surface area contributed by atoms with Gasteiger partial charge in [0.25, 0.3) is 0 Å². The summed E-state index contributed by atoms with van der Waals surface area (Å²) >= 11 is 0. The zero-order valence-corrected chi connectivity index (χ0v) is 15.5. The van der Waals surface area contributed by atoms with Gasteiger partial charge in [0.05, 0.1) is 7.11 Å². The van der Waals surface area contributed by atoms with Crippen LogP contribution >= 0.6 is 0 Å². The van der Waals surface area contributed by atoms with Crippen LogP contribution in [0.4, 0.5) is 4.39 Å². The Labute approximate surface area is 150 Å². The first-order chi connectivity index (χ1) is 12.1. The molecule has 2 aromatic rings. The molecule has 3 rings (SSSR count). The van der Waals surface area contributed by atoms with Crippen molar-refractivity contribution in [2.75, 3.05) is 20.2 Å². The van der Waals surface area contributed by atoms with Gasteiger partial charge in [-0.15, -0.1) is 0 Å². The van der Waals surface area contributed by atoms with Crippen LogP contribution in [0.5, 0.6) is 0 Å². The maximum absolute atomic E-state index is 14.3. The number of rotatable bonds is 8. The molecule has 1 unspecified atom stereocenters. The molecule has 0 aromatic heterocycles. The first kappa shape index (κ1) is 18.1. The molecule has 1 atom stereocenters. The molecule has 134 valence electrons. The first-order valence-electron chi connectivity index (χ1n) is 9.17. The van der Waals surface area contributed by atoms with E-state index in [9.17, 15) is 4.39 Å². The smallest absolute Gasteiger partial charge is 0.126 e. The van der Waals surface area contributed by atoms with Crippen molar-refractivity contribution in [3.63, 3.8) is 0 Å². The molecular weight excluding hydrogens is 313 g/mol. The van der Waals surface area contributed by atoms with Crippen LogP contribution < -0.4 is 0 Å². The molecule has 0 N–H and O–H groups in total. The molecule has 0 bridgehead atoms. The first-order valence-corrected chi connectivity index (χ1v) is 9.17. The van der Waals surface area contributed by atoms with Crippen molar-refractivity contribution in [2.24, 2.45) is 5.92 Å². The third-order valence-electron chi connectivity index (χ3n) is 5.22. The lowest BCUT2D eigenvalue weighted by Gasteiger charge is -2.28. The SMILES string of the molecule is CON(CC1CC1)CC(Cc1ccccc1F)c1c(C)cccc1C. The van der Waals surface area contributed by atoms with Gasteiger partial charge < -0.3 is 4.84 Å². The van der Waals surface area contributed by atoms with Crippen molar-refractivity contribution in [1.82, 2.24) is 5.06 Å². The van der Waals surface area contributed by atoms with E-state index in [0.29, 0.717) is 6.42 Å². The Morgan fingerprint density at radius 3 is 2.36 bits per heavy atom. The molecule has 0 amide bonds. The predicted octanol–water partition coefficient (Wildman–Crippen LogP) is 5.04. The quantitative estimate of drug-likeness (QED) is 0.624. The topological polar surface area (TPSA) is 12.5 Å². The fourth-order valence-corrected chi connectivity index (χ4v) is 3.72. The van der Waals surface area contributed by atoms with Gasteiger partial charge in [-0.1, -0.05) is 36.4 Å². The van der Waals surface area contributed by atoms with E-state index in [0.717, 1.165) is 24.6 Å². The minimum Gasteiger partial charge on any atom is -0.302 e. The van der Waals surface area contributed by atoms with Crippen LogP contribution in [0, 0.1) is 25.6 Å². The Balaban J connectivity index is 1.88. The number of benzene rings is 2. The molecule has 2 nitrogen and oxygen atoms in total. The van der Waals surface area contributed by atoms with Crippen LogP contribution in [0.3, 0.4) is 0 Å². The summed E-state index contributed by atoms with van der Waals surface area (Å²) in [6.45, 7) is 6.05. The van der Waals surface area contributed by atoms with Crippen LogP contribution in [-0.2, 0) is 11.3 Å². The Kier molecular flexibility index (Phi) is 5.87. The van der Waals surface area contributed by atoms with E-state index in [4.69, 9.17) is 4.84 Å². The average Bonchev–Trinajstić information content (AvgIpc) is 3.40. The molecule has 1 fully saturated rings. The van der Waals surface area contributed by atoms with Crippen LogP contribution in [-0.4, -0.2) is 25.3 Å². The molecule has 0 spiro atoms. The maximum Gasteiger partial charge on any atom is 0.126 e. The minimum atomic E-state index is -0.120. The lowest BCUT2D eigenvalue weighted by Crippen LogP contribution is -2.31. The largest absolute Gasteiger partial charge is 0.302 e. The molecule has 3 heteroatoms. The highest BCUT2D eigenvalue weighted by atomic mass is 19.1. The minimum absolute atomic E-state index is 0.120. The van der Waals surface area contributed by atoms with E-state index < -0.39 is 0 Å². The lowest BCUT2D eigenvalue weighted by molar-refractivity contribution is -0.137. The summed E-state index contributed by atoms with van der Waals surface area (Å²) in [7, 11) is 1.74. The van der Waals surface area contributed by atoms with E-state index in [-0.39, 0.29) is 11.7 Å². The van der Waals surface area contributed by atoms with E-state index >= 15 is 0 Å². The normalized spacial score (nSPS) is 15.6.